The zero-order chi connectivity index (χ0) is 22.8. The molecule has 1 amide bonds. The van der Waals surface area contributed by atoms with Crippen molar-refractivity contribution in [2.24, 2.45) is 7.05 Å². The van der Waals surface area contributed by atoms with Gasteiger partial charge in [0.25, 0.3) is 5.91 Å². The molecule has 0 aliphatic carbocycles. The molecule has 1 fully saturated rings. The highest BCUT2D eigenvalue weighted by atomic mass is 19.1. The number of piperidine rings is 1. The Morgan fingerprint density at radius 3 is 2.79 bits per heavy atom. The van der Waals surface area contributed by atoms with Crippen LogP contribution in [-0.2, 0) is 7.05 Å². The second-order valence-corrected chi connectivity index (χ2v) is 8.22. The summed E-state index contributed by atoms with van der Waals surface area (Å²) < 4.78 is 19.4. The fourth-order valence-corrected chi connectivity index (χ4v) is 4.32. The highest BCUT2D eigenvalue weighted by Crippen LogP contribution is 2.36. The van der Waals surface area contributed by atoms with Crippen LogP contribution in [0.25, 0.3) is 22.0 Å². The summed E-state index contributed by atoms with van der Waals surface area (Å²) >= 11 is 0. The number of nitrogens with zero attached hydrogens (tertiary/aromatic N) is 6. The first-order chi connectivity index (χ1) is 16.1. The molecule has 1 aliphatic heterocycles. The van der Waals surface area contributed by atoms with E-state index in [4.69, 9.17) is 9.40 Å². The highest BCUT2D eigenvalue weighted by Gasteiger charge is 2.25. The summed E-state index contributed by atoms with van der Waals surface area (Å²) in [5.74, 6) is 0.279. The van der Waals surface area contributed by atoms with Crippen molar-refractivity contribution in [2.75, 3.05) is 31.6 Å². The number of aromatic nitrogens is 5. The number of pyridine rings is 2. The van der Waals surface area contributed by atoms with Gasteiger partial charge in [-0.05, 0) is 38.1 Å². The molecule has 0 radical (unpaired) electrons. The third-order valence-corrected chi connectivity index (χ3v) is 6.03. The van der Waals surface area contributed by atoms with E-state index in [2.05, 4.69) is 31.3 Å². The normalized spacial score (nSPS) is 15.2. The Kier molecular flexibility index (Phi) is 5.82. The van der Waals surface area contributed by atoms with Gasteiger partial charge in [0.2, 0.25) is 0 Å². The van der Waals surface area contributed by atoms with Crippen LogP contribution in [0.1, 0.15) is 34.9 Å². The topological polar surface area (TPSA) is 102 Å². The largest absolute Gasteiger partial charge is 0.451 e. The number of nitrogens with one attached hydrogen (secondary N) is 1. The summed E-state index contributed by atoms with van der Waals surface area (Å²) in [4.78, 5) is 27.7. The lowest BCUT2D eigenvalue weighted by molar-refractivity contribution is 0.102. The molecule has 170 valence electrons. The molecule has 0 spiro atoms. The van der Waals surface area contributed by atoms with E-state index in [-0.39, 0.29) is 18.3 Å². The second kappa shape index (κ2) is 9.07. The molecule has 4 aromatic rings. The van der Waals surface area contributed by atoms with Gasteiger partial charge >= 0.3 is 0 Å². The molecule has 1 N–H and O–H groups in total. The van der Waals surface area contributed by atoms with Gasteiger partial charge in [-0.25, -0.2) is 14.4 Å². The number of carbonyl (C=O) groups excluding carboxylic acids is 1. The molecule has 1 aliphatic rings. The summed E-state index contributed by atoms with van der Waals surface area (Å²) in [7, 11) is 1.88. The van der Waals surface area contributed by atoms with Gasteiger partial charge in [0, 0.05) is 42.2 Å². The Labute approximate surface area is 189 Å². The van der Waals surface area contributed by atoms with E-state index in [0.717, 1.165) is 53.7 Å². The average molecular weight is 449 g/mol. The van der Waals surface area contributed by atoms with Gasteiger partial charge in [0.15, 0.2) is 12.1 Å². The molecule has 0 saturated carbocycles. The number of hydrogen-bond acceptors (Lipinski definition) is 7. The fourth-order valence-electron chi connectivity index (χ4n) is 4.32. The van der Waals surface area contributed by atoms with Gasteiger partial charge in [-0.3, -0.25) is 14.5 Å². The highest BCUT2D eigenvalue weighted by molar-refractivity contribution is 6.02. The molecular weight excluding hydrogens is 425 g/mol. The van der Waals surface area contributed by atoms with Gasteiger partial charge < -0.3 is 14.6 Å². The van der Waals surface area contributed by atoms with Crippen LogP contribution in [0.3, 0.4) is 0 Å². The van der Waals surface area contributed by atoms with Crippen molar-refractivity contribution in [1.82, 2.24) is 29.6 Å². The molecule has 0 aromatic carbocycles. The van der Waals surface area contributed by atoms with Crippen LogP contribution < -0.4 is 5.32 Å². The Hall–Kier alpha value is -3.66. The van der Waals surface area contributed by atoms with Crippen LogP contribution in [0.5, 0.6) is 0 Å². The van der Waals surface area contributed by atoms with Crippen molar-refractivity contribution in [3.05, 3.63) is 54.8 Å². The SMILES string of the molecule is Cn1cc(-c2cc3cc(NC(=O)c4cocn4)ncc3nc2C2CCN(CCF)CC2)cn1. The maximum atomic E-state index is 12.7. The molecule has 4 aromatic heterocycles. The molecule has 5 heterocycles. The van der Waals surface area contributed by atoms with Crippen molar-refractivity contribution in [2.45, 2.75) is 18.8 Å². The lowest BCUT2D eigenvalue weighted by Crippen LogP contribution is -2.34. The maximum Gasteiger partial charge on any atom is 0.278 e. The standard InChI is InChI=1S/C23H24FN7O2/c1-30-12-17(10-27-30)18-8-16-9-21(29-23(32)20-13-33-14-26-20)25-11-19(16)28-22(18)15-2-5-31(6-3-15)7-4-24/h8-15H,2-7H2,1H3,(H,25,29,32). The Morgan fingerprint density at radius 1 is 1.24 bits per heavy atom. The zero-order valence-electron chi connectivity index (χ0n) is 18.2. The zero-order valence-corrected chi connectivity index (χ0v) is 18.2. The number of fused-ring (bicyclic) bond motifs is 1. The summed E-state index contributed by atoms with van der Waals surface area (Å²) in [6, 6.07) is 3.88. The van der Waals surface area contributed by atoms with Crippen LogP contribution in [0.15, 0.2) is 47.8 Å². The molecule has 0 atom stereocenters. The number of halogens is 1. The van der Waals surface area contributed by atoms with E-state index >= 15 is 0 Å². The number of oxazole rings is 1. The number of carbonyl (C=O) groups is 1. The predicted molar refractivity (Wildman–Crippen MR) is 121 cm³/mol. The van der Waals surface area contributed by atoms with Gasteiger partial charge in [-0.2, -0.15) is 5.10 Å². The molecule has 0 bridgehead atoms. The molecule has 33 heavy (non-hydrogen) atoms. The number of alkyl halides is 1. The maximum absolute atomic E-state index is 12.7. The first-order valence-electron chi connectivity index (χ1n) is 10.9. The van der Waals surface area contributed by atoms with Gasteiger partial charge in [-0.1, -0.05) is 0 Å². The van der Waals surface area contributed by atoms with Gasteiger partial charge in [-0.15, -0.1) is 0 Å². The van der Waals surface area contributed by atoms with E-state index in [9.17, 15) is 9.18 Å². The molecule has 9 nitrogen and oxygen atoms in total. The minimum Gasteiger partial charge on any atom is -0.451 e. The van der Waals surface area contributed by atoms with Crippen molar-refractivity contribution in [3.63, 3.8) is 0 Å². The van der Waals surface area contributed by atoms with E-state index < -0.39 is 5.91 Å². The summed E-state index contributed by atoms with van der Waals surface area (Å²) in [6.07, 6.45) is 9.80. The first-order valence-corrected chi connectivity index (χ1v) is 10.9. The van der Waals surface area contributed by atoms with Crippen LogP contribution in [0.2, 0.25) is 0 Å². The van der Waals surface area contributed by atoms with Gasteiger partial charge in [0.05, 0.1) is 23.6 Å². The summed E-state index contributed by atoms with van der Waals surface area (Å²) in [6.45, 7) is 1.87. The van der Waals surface area contributed by atoms with Crippen molar-refractivity contribution in [3.8, 4) is 11.1 Å². The Morgan fingerprint density at radius 2 is 2.09 bits per heavy atom. The van der Waals surface area contributed by atoms with Gasteiger partial charge in [0.1, 0.15) is 18.8 Å². The van der Waals surface area contributed by atoms with Crippen LogP contribution in [0, 0.1) is 0 Å². The smallest absolute Gasteiger partial charge is 0.278 e. The number of likely N-dealkylation sites (tertiary alicyclic amines) is 1. The Balaban J connectivity index is 1.49. The lowest BCUT2D eigenvalue weighted by Gasteiger charge is -2.31. The van der Waals surface area contributed by atoms with E-state index in [1.165, 1.54) is 12.7 Å². The molecule has 5 rings (SSSR count). The third-order valence-electron chi connectivity index (χ3n) is 6.03. The number of amides is 1. The van der Waals surface area contributed by atoms with E-state index in [1.54, 1.807) is 16.9 Å². The molecular formula is C23H24FN7O2. The average Bonchev–Trinajstić information content (AvgIpc) is 3.51. The second-order valence-electron chi connectivity index (χ2n) is 8.22. The summed E-state index contributed by atoms with van der Waals surface area (Å²) in [5.41, 5.74) is 3.94. The monoisotopic (exact) mass is 449 g/mol. The first kappa shape index (κ1) is 21.2. The number of hydrogen-bond donors (Lipinski definition) is 1. The Bertz CT molecular complexity index is 1260. The van der Waals surface area contributed by atoms with Crippen molar-refractivity contribution < 1.29 is 13.6 Å². The van der Waals surface area contributed by atoms with E-state index in [0.29, 0.717) is 12.4 Å². The number of rotatable bonds is 6. The quantitative estimate of drug-likeness (QED) is 0.481. The number of anilines is 1. The van der Waals surface area contributed by atoms with Crippen LogP contribution in [-0.4, -0.2) is 61.8 Å². The van der Waals surface area contributed by atoms with Crippen molar-refractivity contribution in [1.29, 1.82) is 0 Å². The van der Waals surface area contributed by atoms with Crippen LogP contribution >= 0.6 is 0 Å². The van der Waals surface area contributed by atoms with E-state index in [1.807, 2.05) is 19.4 Å². The molecule has 0 unspecified atom stereocenters. The lowest BCUT2D eigenvalue weighted by atomic mass is 9.88. The number of aryl methyl sites for hydroxylation is 1. The summed E-state index contributed by atoms with van der Waals surface area (Å²) in [5, 5.41) is 7.94. The minimum atomic E-state index is -0.396. The van der Waals surface area contributed by atoms with Crippen LogP contribution in [0.4, 0.5) is 10.2 Å². The molecule has 10 heteroatoms. The minimum absolute atomic E-state index is 0.181. The molecule has 1 saturated heterocycles. The van der Waals surface area contributed by atoms with Crippen molar-refractivity contribution >= 4 is 22.6 Å². The fraction of sp³-hybridized carbons (Fsp3) is 0.348. The predicted octanol–water partition coefficient (Wildman–Crippen LogP) is 3.42. The third kappa shape index (κ3) is 4.47.